The smallest absolute Gasteiger partial charge is 0.246 e. The van der Waals surface area contributed by atoms with Gasteiger partial charge in [-0.3, -0.25) is 14.4 Å². The van der Waals surface area contributed by atoms with Gasteiger partial charge in [0.2, 0.25) is 17.7 Å². The molecule has 9 heteroatoms. The maximum Gasteiger partial charge on any atom is 0.246 e. The Hall–Kier alpha value is -2.36. The first kappa shape index (κ1) is 25.3. The number of amides is 3. The molecule has 3 amide bonds. The van der Waals surface area contributed by atoms with Gasteiger partial charge in [-0.15, -0.1) is 11.8 Å². The first-order chi connectivity index (χ1) is 17.5. The van der Waals surface area contributed by atoms with E-state index in [1.165, 1.54) is 6.42 Å². The maximum absolute atomic E-state index is 13.8. The SMILES string of the molecule is COCCCN1C(=O)[C@H]2[C@@H](C(=O)Nc3cccc(SC)c3)[C@H]3C=C[C@@]2(O3)[C@H]1C(=O)NC1CCCCC1. The van der Waals surface area contributed by atoms with Gasteiger partial charge in [0.25, 0.3) is 0 Å². The number of likely N-dealkylation sites (tertiary alicyclic amines) is 1. The van der Waals surface area contributed by atoms with Crippen molar-refractivity contribution < 1.29 is 23.9 Å². The van der Waals surface area contributed by atoms with Crippen molar-refractivity contribution in [1.82, 2.24) is 10.2 Å². The first-order valence-corrected chi connectivity index (χ1v) is 14.1. The first-order valence-electron chi connectivity index (χ1n) is 12.9. The standard InChI is InChI=1S/C27H35N3O5S/c1-34-15-7-14-30-23(25(32)28-17-8-4-3-5-9-17)27-13-12-20(35-27)21(22(27)26(30)33)24(31)29-18-10-6-11-19(16-18)36-2/h6,10-13,16-17,20-23H,3-5,7-9,14-15H2,1-2H3,(H,28,32)(H,29,31)/t20-,21+,22-,23-,27+/m1/s1. The molecule has 0 radical (unpaired) electrons. The number of thioether (sulfide) groups is 1. The minimum absolute atomic E-state index is 0.114. The Balaban J connectivity index is 1.41. The Morgan fingerprint density at radius 3 is 2.78 bits per heavy atom. The molecule has 3 heterocycles. The van der Waals surface area contributed by atoms with Crippen LogP contribution in [0.3, 0.4) is 0 Å². The second kappa shape index (κ2) is 10.6. The molecule has 2 N–H and O–H groups in total. The van der Waals surface area contributed by atoms with Crippen LogP contribution in [0.15, 0.2) is 41.3 Å². The van der Waals surface area contributed by atoms with Crippen LogP contribution < -0.4 is 10.6 Å². The number of anilines is 1. The number of hydrogen-bond acceptors (Lipinski definition) is 6. The van der Waals surface area contributed by atoms with Gasteiger partial charge in [-0.05, 0) is 43.7 Å². The van der Waals surface area contributed by atoms with Gasteiger partial charge >= 0.3 is 0 Å². The third kappa shape index (κ3) is 4.46. The number of fused-ring (bicyclic) bond motifs is 1. The summed E-state index contributed by atoms with van der Waals surface area (Å²) in [4.78, 5) is 43.8. The highest BCUT2D eigenvalue weighted by molar-refractivity contribution is 7.98. The quantitative estimate of drug-likeness (QED) is 0.299. The summed E-state index contributed by atoms with van der Waals surface area (Å²) in [5.41, 5.74) is -0.446. The molecule has 3 fully saturated rings. The molecule has 1 aliphatic carbocycles. The zero-order valence-corrected chi connectivity index (χ0v) is 21.7. The average molecular weight is 514 g/mol. The predicted molar refractivity (Wildman–Crippen MR) is 138 cm³/mol. The molecule has 0 unspecified atom stereocenters. The Bertz CT molecular complexity index is 1040. The van der Waals surface area contributed by atoms with Gasteiger partial charge < -0.3 is 25.0 Å². The third-order valence-electron chi connectivity index (χ3n) is 7.96. The predicted octanol–water partition coefficient (Wildman–Crippen LogP) is 2.98. The molecular formula is C27H35N3O5S. The van der Waals surface area contributed by atoms with E-state index in [1.807, 2.05) is 42.7 Å². The van der Waals surface area contributed by atoms with E-state index in [0.29, 0.717) is 25.3 Å². The number of carbonyl (C=O) groups excluding carboxylic acids is 3. The molecule has 36 heavy (non-hydrogen) atoms. The summed E-state index contributed by atoms with van der Waals surface area (Å²) in [6, 6.07) is 6.94. The Morgan fingerprint density at radius 2 is 2.03 bits per heavy atom. The minimum Gasteiger partial charge on any atom is -0.385 e. The van der Waals surface area contributed by atoms with Crippen LogP contribution in [0.5, 0.6) is 0 Å². The van der Waals surface area contributed by atoms with Crippen molar-refractivity contribution in [2.24, 2.45) is 11.8 Å². The van der Waals surface area contributed by atoms with Crippen molar-refractivity contribution in [3.05, 3.63) is 36.4 Å². The number of hydrogen-bond donors (Lipinski definition) is 2. The molecule has 8 nitrogen and oxygen atoms in total. The lowest BCUT2D eigenvalue weighted by molar-refractivity contribution is -0.141. The molecule has 5 atom stereocenters. The van der Waals surface area contributed by atoms with Crippen LogP contribution in [-0.2, 0) is 23.9 Å². The molecule has 1 saturated carbocycles. The van der Waals surface area contributed by atoms with E-state index in [9.17, 15) is 14.4 Å². The summed E-state index contributed by atoms with van der Waals surface area (Å²) < 4.78 is 11.6. The molecule has 5 rings (SSSR count). The summed E-state index contributed by atoms with van der Waals surface area (Å²) >= 11 is 1.59. The van der Waals surface area contributed by atoms with Crippen LogP contribution in [-0.4, -0.2) is 72.9 Å². The Labute approximate surface area is 216 Å². The highest BCUT2D eigenvalue weighted by Gasteiger charge is 2.72. The molecule has 0 aromatic heterocycles. The van der Waals surface area contributed by atoms with E-state index in [2.05, 4.69) is 10.6 Å². The number of methoxy groups -OCH3 is 1. The fraction of sp³-hybridized carbons (Fsp3) is 0.593. The summed E-state index contributed by atoms with van der Waals surface area (Å²) in [5.74, 6) is -2.07. The molecule has 3 aliphatic heterocycles. The fourth-order valence-corrected chi connectivity index (χ4v) is 6.80. The van der Waals surface area contributed by atoms with Crippen LogP contribution in [0.2, 0.25) is 0 Å². The topological polar surface area (TPSA) is 97.0 Å². The molecule has 1 aromatic carbocycles. The number of carbonyl (C=O) groups is 3. The molecule has 2 saturated heterocycles. The van der Waals surface area contributed by atoms with Crippen LogP contribution in [0.1, 0.15) is 38.5 Å². The average Bonchev–Trinajstić information content (AvgIpc) is 3.52. The third-order valence-corrected chi connectivity index (χ3v) is 8.69. The zero-order valence-electron chi connectivity index (χ0n) is 20.9. The van der Waals surface area contributed by atoms with Crippen molar-refractivity contribution in [1.29, 1.82) is 0 Å². The number of rotatable bonds is 9. The second-order valence-corrected chi connectivity index (χ2v) is 11.0. The van der Waals surface area contributed by atoms with Gasteiger partial charge in [0.05, 0.1) is 17.9 Å². The number of nitrogens with zero attached hydrogens (tertiary/aromatic N) is 1. The molecule has 1 spiro atoms. The highest BCUT2D eigenvalue weighted by Crippen LogP contribution is 2.55. The lowest BCUT2D eigenvalue weighted by Gasteiger charge is -2.34. The van der Waals surface area contributed by atoms with Crippen LogP contribution >= 0.6 is 11.8 Å². The van der Waals surface area contributed by atoms with Gasteiger partial charge in [-0.2, -0.15) is 0 Å². The summed E-state index contributed by atoms with van der Waals surface area (Å²) in [6.45, 7) is 0.854. The number of nitrogens with one attached hydrogen (secondary N) is 2. The summed E-state index contributed by atoms with van der Waals surface area (Å²) in [6.07, 6.45) is 11.0. The molecular weight excluding hydrogens is 478 g/mol. The van der Waals surface area contributed by atoms with E-state index >= 15 is 0 Å². The van der Waals surface area contributed by atoms with Crippen LogP contribution in [0, 0.1) is 11.8 Å². The molecule has 194 valence electrons. The fourth-order valence-electron chi connectivity index (χ4n) is 6.34. The van der Waals surface area contributed by atoms with Gasteiger partial charge in [-0.25, -0.2) is 0 Å². The minimum atomic E-state index is -1.13. The monoisotopic (exact) mass is 513 g/mol. The molecule has 2 bridgehead atoms. The lowest BCUT2D eigenvalue weighted by atomic mass is 9.74. The van der Waals surface area contributed by atoms with Crippen molar-refractivity contribution in [3.63, 3.8) is 0 Å². The zero-order chi connectivity index (χ0) is 25.3. The van der Waals surface area contributed by atoms with Crippen LogP contribution in [0.25, 0.3) is 0 Å². The number of benzene rings is 1. The van der Waals surface area contributed by atoms with E-state index in [1.54, 1.807) is 23.8 Å². The molecule has 1 aromatic rings. The van der Waals surface area contributed by atoms with E-state index in [-0.39, 0.29) is 23.8 Å². The Kier molecular flexibility index (Phi) is 7.42. The van der Waals surface area contributed by atoms with Crippen molar-refractivity contribution >= 4 is 35.2 Å². The normalized spacial score (nSPS) is 31.1. The largest absolute Gasteiger partial charge is 0.385 e. The lowest BCUT2D eigenvalue weighted by Crippen LogP contribution is -2.56. The van der Waals surface area contributed by atoms with E-state index < -0.39 is 29.6 Å². The van der Waals surface area contributed by atoms with E-state index in [0.717, 1.165) is 30.6 Å². The van der Waals surface area contributed by atoms with Crippen molar-refractivity contribution in [2.45, 2.75) is 67.2 Å². The summed E-state index contributed by atoms with van der Waals surface area (Å²) in [7, 11) is 1.62. The van der Waals surface area contributed by atoms with Crippen LogP contribution in [0.4, 0.5) is 5.69 Å². The second-order valence-electron chi connectivity index (χ2n) is 10.1. The van der Waals surface area contributed by atoms with Crippen molar-refractivity contribution in [3.8, 4) is 0 Å². The number of ether oxygens (including phenoxy) is 2. The van der Waals surface area contributed by atoms with Gasteiger partial charge in [0, 0.05) is 36.9 Å². The maximum atomic E-state index is 13.8. The molecule has 4 aliphatic rings. The van der Waals surface area contributed by atoms with Gasteiger partial charge in [0.15, 0.2) is 0 Å². The van der Waals surface area contributed by atoms with E-state index in [4.69, 9.17) is 9.47 Å². The van der Waals surface area contributed by atoms with Gasteiger partial charge in [0.1, 0.15) is 11.6 Å². The Morgan fingerprint density at radius 1 is 1.22 bits per heavy atom. The summed E-state index contributed by atoms with van der Waals surface area (Å²) in [5, 5.41) is 6.20. The van der Waals surface area contributed by atoms with Crippen molar-refractivity contribution in [2.75, 3.05) is 31.8 Å². The van der Waals surface area contributed by atoms with Gasteiger partial charge in [-0.1, -0.05) is 37.5 Å². The highest BCUT2D eigenvalue weighted by atomic mass is 32.2.